The van der Waals surface area contributed by atoms with Crippen molar-refractivity contribution in [3.63, 3.8) is 0 Å². The van der Waals surface area contributed by atoms with Crippen LogP contribution in [0, 0.1) is 6.92 Å². The van der Waals surface area contributed by atoms with Crippen molar-refractivity contribution in [1.82, 2.24) is 14.5 Å². The molecule has 0 aliphatic heterocycles. The number of fused-ring (bicyclic) bond motifs is 1. The van der Waals surface area contributed by atoms with E-state index in [0.29, 0.717) is 38.7 Å². The number of pyridine rings is 1. The Bertz CT molecular complexity index is 1240. The maximum atomic E-state index is 13.1. The Balaban J connectivity index is 1.77. The third kappa shape index (κ3) is 3.37. The van der Waals surface area contributed by atoms with E-state index in [2.05, 4.69) is 15.3 Å². The summed E-state index contributed by atoms with van der Waals surface area (Å²) < 4.78 is 1.52. The average Bonchev–Trinajstić information content (AvgIpc) is 2.70. The Labute approximate surface area is 165 Å². The number of amides is 1. The molecule has 0 saturated heterocycles. The number of aryl methyl sites for hydroxylation is 1. The fourth-order valence-electron chi connectivity index (χ4n) is 2.97. The monoisotopic (exact) mass is 390 g/mol. The van der Waals surface area contributed by atoms with Gasteiger partial charge < -0.3 is 5.32 Å². The molecule has 0 fully saturated rings. The normalized spacial score (nSPS) is 10.8. The zero-order valence-corrected chi connectivity index (χ0v) is 15.6. The molecule has 6 nitrogen and oxygen atoms in total. The van der Waals surface area contributed by atoms with Crippen molar-refractivity contribution in [2.24, 2.45) is 0 Å². The van der Waals surface area contributed by atoms with Crippen LogP contribution < -0.4 is 10.9 Å². The predicted molar refractivity (Wildman–Crippen MR) is 109 cm³/mol. The molecular weight excluding hydrogens is 376 g/mol. The standard InChI is InChI=1S/C21H15ClN4O2/c1-13-24-19-9-6-16(25-20(27)14-3-2-10-23-12-14)11-18(19)21(28)26(13)17-7-4-15(22)5-8-17/h2-12H,1H3,(H,25,27). The maximum Gasteiger partial charge on any atom is 0.266 e. The molecule has 0 aliphatic rings. The van der Waals surface area contributed by atoms with Crippen LogP contribution in [-0.4, -0.2) is 20.4 Å². The minimum absolute atomic E-state index is 0.220. The van der Waals surface area contributed by atoms with Gasteiger partial charge in [-0.15, -0.1) is 0 Å². The lowest BCUT2D eigenvalue weighted by atomic mass is 10.2. The molecule has 138 valence electrons. The minimum Gasteiger partial charge on any atom is -0.322 e. The van der Waals surface area contributed by atoms with Crippen molar-refractivity contribution >= 4 is 34.1 Å². The number of carbonyl (C=O) groups excluding carboxylic acids is 1. The second-order valence-electron chi connectivity index (χ2n) is 6.20. The van der Waals surface area contributed by atoms with E-state index < -0.39 is 0 Å². The Morgan fingerprint density at radius 2 is 1.89 bits per heavy atom. The van der Waals surface area contributed by atoms with Gasteiger partial charge in [0, 0.05) is 23.1 Å². The SMILES string of the molecule is Cc1nc2ccc(NC(=O)c3cccnc3)cc2c(=O)n1-c1ccc(Cl)cc1. The van der Waals surface area contributed by atoms with Crippen LogP contribution in [-0.2, 0) is 0 Å². The molecule has 0 aliphatic carbocycles. The molecule has 0 spiro atoms. The predicted octanol–water partition coefficient (Wildman–Crippen LogP) is 3.99. The van der Waals surface area contributed by atoms with E-state index in [1.54, 1.807) is 67.7 Å². The Morgan fingerprint density at radius 1 is 1.11 bits per heavy atom. The number of nitrogens with zero attached hydrogens (tertiary/aromatic N) is 3. The first-order valence-electron chi connectivity index (χ1n) is 8.54. The molecule has 7 heteroatoms. The molecular formula is C21H15ClN4O2. The van der Waals surface area contributed by atoms with Crippen LogP contribution in [0.25, 0.3) is 16.6 Å². The molecule has 0 radical (unpaired) electrons. The van der Waals surface area contributed by atoms with Gasteiger partial charge in [0.25, 0.3) is 11.5 Å². The van der Waals surface area contributed by atoms with Crippen molar-refractivity contribution in [2.45, 2.75) is 6.92 Å². The second kappa shape index (κ2) is 7.25. The highest BCUT2D eigenvalue weighted by molar-refractivity contribution is 6.30. The topological polar surface area (TPSA) is 76.9 Å². The van der Waals surface area contributed by atoms with Crippen molar-refractivity contribution in [2.75, 3.05) is 5.32 Å². The third-order valence-electron chi connectivity index (χ3n) is 4.30. The summed E-state index contributed by atoms with van der Waals surface area (Å²) in [5.74, 6) is 0.262. The molecule has 0 unspecified atom stereocenters. The van der Waals surface area contributed by atoms with Gasteiger partial charge in [0.05, 0.1) is 22.2 Å². The van der Waals surface area contributed by atoms with E-state index in [-0.39, 0.29) is 11.5 Å². The van der Waals surface area contributed by atoms with Crippen LogP contribution in [0.1, 0.15) is 16.2 Å². The average molecular weight is 391 g/mol. The van der Waals surface area contributed by atoms with E-state index in [1.165, 1.54) is 10.8 Å². The van der Waals surface area contributed by atoms with Crippen LogP contribution in [0.5, 0.6) is 0 Å². The van der Waals surface area contributed by atoms with E-state index >= 15 is 0 Å². The minimum atomic E-state index is -0.300. The van der Waals surface area contributed by atoms with E-state index in [0.717, 1.165) is 0 Å². The fraction of sp³-hybridized carbons (Fsp3) is 0.0476. The first-order chi connectivity index (χ1) is 13.5. The van der Waals surface area contributed by atoms with Crippen LogP contribution in [0.2, 0.25) is 5.02 Å². The summed E-state index contributed by atoms with van der Waals surface area (Å²) in [6.45, 7) is 1.77. The third-order valence-corrected chi connectivity index (χ3v) is 4.55. The Morgan fingerprint density at radius 3 is 2.61 bits per heavy atom. The van der Waals surface area contributed by atoms with Gasteiger partial charge in [-0.25, -0.2) is 4.98 Å². The molecule has 4 aromatic rings. The zero-order valence-electron chi connectivity index (χ0n) is 14.9. The van der Waals surface area contributed by atoms with Crippen molar-refractivity contribution < 1.29 is 4.79 Å². The Hall–Kier alpha value is -3.51. The molecule has 28 heavy (non-hydrogen) atoms. The molecule has 0 saturated carbocycles. The highest BCUT2D eigenvalue weighted by Gasteiger charge is 2.12. The lowest BCUT2D eigenvalue weighted by Gasteiger charge is -2.12. The number of halogens is 1. The lowest BCUT2D eigenvalue weighted by Crippen LogP contribution is -2.22. The van der Waals surface area contributed by atoms with Crippen LogP contribution in [0.3, 0.4) is 0 Å². The van der Waals surface area contributed by atoms with E-state index in [4.69, 9.17) is 11.6 Å². The zero-order chi connectivity index (χ0) is 19.7. The maximum absolute atomic E-state index is 13.1. The number of anilines is 1. The van der Waals surface area contributed by atoms with Crippen LogP contribution >= 0.6 is 11.6 Å². The summed E-state index contributed by atoms with van der Waals surface area (Å²) in [5, 5.41) is 3.78. The van der Waals surface area contributed by atoms with Crippen LogP contribution in [0.15, 0.2) is 71.8 Å². The van der Waals surface area contributed by atoms with Gasteiger partial charge in [-0.3, -0.25) is 19.1 Å². The molecule has 0 atom stereocenters. The van der Waals surface area contributed by atoms with Crippen molar-refractivity contribution in [3.8, 4) is 5.69 Å². The number of hydrogen-bond donors (Lipinski definition) is 1. The highest BCUT2D eigenvalue weighted by Crippen LogP contribution is 2.19. The molecule has 2 aromatic heterocycles. The number of aromatic nitrogens is 3. The highest BCUT2D eigenvalue weighted by atomic mass is 35.5. The molecule has 4 rings (SSSR count). The summed E-state index contributed by atoms with van der Waals surface area (Å²) in [6.07, 6.45) is 3.08. The molecule has 2 aromatic carbocycles. The van der Waals surface area contributed by atoms with Gasteiger partial charge in [0.15, 0.2) is 0 Å². The Kier molecular flexibility index (Phi) is 4.63. The second-order valence-corrected chi connectivity index (χ2v) is 6.64. The summed E-state index contributed by atoms with van der Waals surface area (Å²) in [7, 11) is 0. The molecule has 2 heterocycles. The molecule has 1 N–H and O–H groups in total. The van der Waals surface area contributed by atoms with Gasteiger partial charge in [-0.2, -0.15) is 0 Å². The van der Waals surface area contributed by atoms with Gasteiger partial charge in [0.1, 0.15) is 5.82 Å². The first-order valence-corrected chi connectivity index (χ1v) is 8.91. The molecule has 0 bridgehead atoms. The number of benzene rings is 2. The summed E-state index contributed by atoms with van der Waals surface area (Å²) in [6, 6.07) is 15.4. The van der Waals surface area contributed by atoms with Gasteiger partial charge >= 0.3 is 0 Å². The van der Waals surface area contributed by atoms with Gasteiger partial charge in [0.2, 0.25) is 0 Å². The quantitative estimate of drug-likeness (QED) is 0.573. The summed E-state index contributed by atoms with van der Waals surface area (Å²) >= 11 is 5.95. The first kappa shape index (κ1) is 17.9. The summed E-state index contributed by atoms with van der Waals surface area (Å²) in [4.78, 5) is 33.9. The smallest absolute Gasteiger partial charge is 0.266 e. The number of rotatable bonds is 3. The molecule has 1 amide bonds. The van der Waals surface area contributed by atoms with Crippen molar-refractivity contribution in [1.29, 1.82) is 0 Å². The fourth-order valence-corrected chi connectivity index (χ4v) is 3.09. The van der Waals surface area contributed by atoms with Gasteiger partial charge in [-0.1, -0.05) is 11.6 Å². The summed E-state index contributed by atoms with van der Waals surface area (Å²) in [5.41, 5.74) is 1.95. The number of nitrogens with one attached hydrogen (secondary N) is 1. The lowest BCUT2D eigenvalue weighted by molar-refractivity contribution is 0.102. The van der Waals surface area contributed by atoms with Gasteiger partial charge in [-0.05, 0) is 61.5 Å². The van der Waals surface area contributed by atoms with E-state index in [9.17, 15) is 9.59 Å². The van der Waals surface area contributed by atoms with E-state index in [1.807, 2.05) is 0 Å². The number of hydrogen-bond acceptors (Lipinski definition) is 4. The van der Waals surface area contributed by atoms with Crippen LogP contribution in [0.4, 0.5) is 5.69 Å². The van der Waals surface area contributed by atoms with Crippen molar-refractivity contribution in [3.05, 3.63) is 93.8 Å². The number of carbonyl (C=O) groups is 1. The largest absolute Gasteiger partial charge is 0.322 e.